The van der Waals surface area contributed by atoms with Crippen LogP contribution in [0.15, 0.2) is 48.7 Å². The van der Waals surface area contributed by atoms with Gasteiger partial charge in [-0.05, 0) is 50.2 Å². The fourth-order valence-corrected chi connectivity index (χ4v) is 3.87. The molecule has 4 rings (SSSR count). The van der Waals surface area contributed by atoms with E-state index in [1.54, 1.807) is 6.20 Å². The Labute approximate surface area is 154 Å². The molecule has 0 radical (unpaired) electrons. The summed E-state index contributed by atoms with van der Waals surface area (Å²) < 4.78 is 0. The first-order valence-electron chi connectivity index (χ1n) is 9.47. The summed E-state index contributed by atoms with van der Waals surface area (Å²) in [5, 5.41) is 8.02. The number of benzene rings is 2. The van der Waals surface area contributed by atoms with Crippen LogP contribution in [0.2, 0.25) is 0 Å². The molecule has 0 aliphatic carbocycles. The summed E-state index contributed by atoms with van der Waals surface area (Å²) in [7, 11) is 0. The third-order valence-corrected chi connectivity index (χ3v) is 5.57. The van der Waals surface area contributed by atoms with Crippen molar-refractivity contribution in [2.45, 2.75) is 32.6 Å². The van der Waals surface area contributed by atoms with Gasteiger partial charge in [-0.2, -0.15) is 5.10 Å². The molecule has 1 saturated heterocycles. The lowest BCUT2D eigenvalue weighted by Gasteiger charge is -2.32. The first-order chi connectivity index (χ1) is 12.7. The van der Waals surface area contributed by atoms with Crippen molar-refractivity contribution in [3.8, 4) is 0 Å². The summed E-state index contributed by atoms with van der Waals surface area (Å²) in [5.74, 6) is 0.833. The number of carbonyl (C=O) groups excluding carboxylic acids is 1. The number of aromatic nitrogens is 2. The van der Waals surface area contributed by atoms with Gasteiger partial charge in [-0.25, -0.2) is 0 Å². The van der Waals surface area contributed by atoms with Crippen LogP contribution in [0.4, 0.5) is 0 Å². The Kier molecular flexibility index (Phi) is 4.74. The number of aromatic amines is 1. The van der Waals surface area contributed by atoms with Crippen molar-refractivity contribution in [1.82, 2.24) is 15.1 Å². The average molecular weight is 347 g/mol. The first-order valence-corrected chi connectivity index (χ1v) is 9.47. The van der Waals surface area contributed by atoms with Crippen LogP contribution < -0.4 is 0 Å². The van der Waals surface area contributed by atoms with Crippen LogP contribution in [-0.4, -0.2) is 34.1 Å². The Bertz CT molecular complexity index is 889. The molecule has 134 valence electrons. The van der Waals surface area contributed by atoms with Crippen molar-refractivity contribution in [3.63, 3.8) is 0 Å². The predicted molar refractivity (Wildman–Crippen MR) is 104 cm³/mol. The number of H-pyrrole nitrogens is 1. The minimum Gasteiger partial charge on any atom is -0.339 e. The van der Waals surface area contributed by atoms with Crippen LogP contribution in [0.5, 0.6) is 0 Å². The van der Waals surface area contributed by atoms with Crippen molar-refractivity contribution in [2.24, 2.45) is 5.92 Å². The van der Waals surface area contributed by atoms with Gasteiger partial charge < -0.3 is 4.90 Å². The van der Waals surface area contributed by atoms with Gasteiger partial charge in [-0.1, -0.05) is 42.0 Å². The topological polar surface area (TPSA) is 49.0 Å². The fraction of sp³-hybridized carbons (Fsp3) is 0.364. The third-order valence-electron chi connectivity index (χ3n) is 5.57. The molecule has 26 heavy (non-hydrogen) atoms. The van der Waals surface area contributed by atoms with E-state index in [4.69, 9.17) is 0 Å². The molecule has 2 heterocycles. The maximum absolute atomic E-state index is 12.9. The molecular formula is C22H25N3O. The lowest BCUT2D eigenvalue weighted by atomic mass is 9.90. The van der Waals surface area contributed by atoms with Gasteiger partial charge in [0.15, 0.2) is 0 Å². The standard InChI is InChI=1S/C22H25N3O/c1-16-5-7-17(8-6-16)9-10-18-11-13-25(14-12-18)22(26)20-4-2-3-19-15-23-24-21(19)20/h2-8,15,18H,9-14H2,1H3,(H,23,24). The molecule has 1 aliphatic rings. The minimum atomic E-state index is 0.122. The number of nitrogens with zero attached hydrogens (tertiary/aromatic N) is 2. The Morgan fingerprint density at radius 1 is 1.15 bits per heavy atom. The van der Waals surface area contributed by atoms with E-state index in [0.717, 1.165) is 48.8 Å². The molecule has 2 aromatic carbocycles. The number of likely N-dealkylation sites (tertiary alicyclic amines) is 1. The molecule has 0 bridgehead atoms. The van der Waals surface area contributed by atoms with Crippen molar-refractivity contribution < 1.29 is 4.79 Å². The molecular weight excluding hydrogens is 322 g/mol. The van der Waals surface area contributed by atoms with Crippen molar-refractivity contribution in [1.29, 1.82) is 0 Å². The highest BCUT2D eigenvalue weighted by molar-refractivity contribution is 6.05. The zero-order valence-corrected chi connectivity index (χ0v) is 15.2. The number of aryl methyl sites for hydroxylation is 2. The van der Waals surface area contributed by atoms with Crippen LogP contribution in [-0.2, 0) is 6.42 Å². The molecule has 0 unspecified atom stereocenters. The van der Waals surface area contributed by atoms with Gasteiger partial charge in [0.25, 0.3) is 5.91 Å². The van der Waals surface area contributed by atoms with E-state index in [0.29, 0.717) is 5.92 Å². The first kappa shape index (κ1) is 16.8. The molecule has 4 nitrogen and oxygen atoms in total. The molecule has 1 aliphatic heterocycles. The quantitative estimate of drug-likeness (QED) is 0.762. The van der Waals surface area contributed by atoms with Gasteiger partial charge in [0, 0.05) is 18.5 Å². The zero-order valence-electron chi connectivity index (χ0n) is 15.2. The van der Waals surface area contributed by atoms with E-state index in [-0.39, 0.29) is 5.91 Å². The van der Waals surface area contributed by atoms with E-state index in [2.05, 4.69) is 41.4 Å². The number of carbonyl (C=O) groups is 1. The summed E-state index contributed by atoms with van der Waals surface area (Å²) in [6, 6.07) is 14.6. The second kappa shape index (κ2) is 7.32. The Balaban J connectivity index is 1.34. The number of hydrogen-bond acceptors (Lipinski definition) is 2. The van der Waals surface area contributed by atoms with E-state index in [1.165, 1.54) is 17.5 Å². The maximum Gasteiger partial charge on any atom is 0.256 e. The van der Waals surface area contributed by atoms with E-state index in [9.17, 15) is 4.79 Å². The molecule has 4 heteroatoms. The van der Waals surface area contributed by atoms with E-state index in [1.807, 2.05) is 23.1 Å². The lowest BCUT2D eigenvalue weighted by Crippen LogP contribution is -2.38. The molecule has 1 fully saturated rings. The number of piperidine rings is 1. The second-order valence-electron chi connectivity index (χ2n) is 7.40. The third kappa shape index (κ3) is 3.50. The normalized spacial score (nSPS) is 15.5. The van der Waals surface area contributed by atoms with Crippen LogP contribution in [0.3, 0.4) is 0 Å². The molecule has 3 aromatic rings. The van der Waals surface area contributed by atoms with Gasteiger partial charge in [0.2, 0.25) is 0 Å². The molecule has 1 aromatic heterocycles. The largest absolute Gasteiger partial charge is 0.339 e. The Morgan fingerprint density at radius 3 is 2.69 bits per heavy atom. The zero-order chi connectivity index (χ0) is 17.9. The Hall–Kier alpha value is -2.62. The number of hydrogen-bond donors (Lipinski definition) is 1. The summed E-state index contributed by atoms with van der Waals surface area (Å²) >= 11 is 0. The molecule has 0 spiro atoms. The molecule has 1 N–H and O–H groups in total. The van der Waals surface area contributed by atoms with Gasteiger partial charge >= 0.3 is 0 Å². The van der Waals surface area contributed by atoms with Crippen LogP contribution in [0.25, 0.3) is 10.9 Å². The van der Waals surface area contributed by atoms with E-state index >= 15 is 0 Å². The molecule has 0 saturated carbocycles. The predicted octanol–water partition coefficient (Wildman–Crippen LogP) is 4.36. The highest BCUT2D eigenvalue weighted by Crippen LogP contribution is 2.25. The van der Waals surface area contributed by atoms with Crippen LogP contribution >= 0.6 is 0 Å². The van der Waals surface area contributed by atoms with Crippen molar-refractivity contribution in [3.05, 3.63) is 65.4 Å². The highest BCUT2D eigenvalue weighted by Gasteiger charge is 2.24. The Morgan fingerprint density at radius 2 is 1.92 bits per heavy atom. The van der Waals surface area contributed by atoms with Gasteiger partial charge in [-0.3, -0.25) is 9.89 Å². The van der Waals surface area contributed by atoms with Crippen LogP contribution in [0.1, 0.15) is 40.7 Å². The lowest BCUT2D eigenvalue weighted by molar-refractivity contribution is 0.0688. The summed E-state index contributed by atoms with van der Waals surface area (Å²) in [5.41, 5.74) is 4.31. The number of amides is 1. The number of para-hydroxylation sites is 1. The molecule has 1 amide bonds. The molecule has 0 atom stereocenters. The summed E-state index contributed by atoms with van der Waals surface area (Å²) in [6.07, 6.45) is 6.30. The van der Waals surface area contributed by atoms with Crippen molar-refractivity contribution >= 4 is 16.8 Å². The average Bonchev–Trinajstić information content (AvgIpc) is 3.16. The van der Waals surface area contributed by atoms with Crippen LogP contribution in [0, 0.1) is 12.8 Å². The monoisotopic (exact) mass is 347 g/mol. The SMILES string of the molecule is Cc1ccc(CCC2CCN(C(=O)c3cccc4cn[nH]c34)CC2)cc1. The van der Waals surface area contributed by atoms with Crippen molar-refractivity contribution in [2.75, 3.05) is 13.1 Å². The highest BCUT2D eigenvalue weighted by atomic mass is 16.2. The van der Waals surface area contributed by atoms with E-state index < -0.39 is 0 Å². The second-order valence-corrected chi connectivity index (χ2v) is 7.40. The van der Waals surface area contributed by atoms with Gasteiger partial charge in [0.1, 0.15) is 0 Å². The summed E-state index contributed by atoms with van der Waals surface area (Å²) in [6.45, 7) is 3.82. The maximum atomic E-state index is 12.9. The minimum absolute atomic E-state index is 0.122. The van der Waals surface area contributed by atoms with Gasteiger partial charge in [0.05, 0.1) is 17.3 Å². The summed E-state index contributed by atoms with van der Waals surface area (Å²) in [4.78, 5) is 14.9. The number of nitrogens with one attached hydrogen (secondary N) is 1. The number of rotatable bonds is 4. The number of fused-ring (bicyclic) bond motifs is 1. The smallest absolute Gasteiger partial charge is 0.256 e. The van der Waals surface area contributed by atoms with Gasteiger partial charge in [-0.15, -0.1) is 0 Å². The fourth-order valence-electron chi connectivity index (χ4n) is 3.87.